The Hall–Kier alpha value is -0.670. The zero-order valence-corrected chi connectivity index (χ0v) is 13.1. The Balaban J connectivity index is 2.00. The SMILES string of the molecule is FC(F)Oc1ccc(NCc2cnc(Cl)s2)c(I)c1. The van der Waals surface area contributed by atoms with Gasteiger partial charge >= 0.3 is 6.61 Å². The van der Waals surface area contributed by atoms with Crippen LogP contribution in [-0.2, 0) is 6.54 Å². The Morgan fingerprint density at radius 3 is 2.84 bits per heavy atom. The van der Waals surface area contributed by atoms with Crippen molar-refractivity contribution < 1.29 is 13.5 Å². The molecule has 0 bridgehead atoms. The summed E-state index contributed by atoms with van der Waals surface area (Å²) in [5.41, 5.74) is 0.840. The van der Waals surface area contributed by atoms with Gasteiger partial charge in [0.05, 0.1) is 6.54 Å². The first-order valence-corrected chi connectivity index (χ1v) is 7.40. The third kappa shape index (κ3) is 4.43. The Bertz CT molecular complexity index is 567. The van der Waals surface area contributed by atoms with Crippen LogP contribution in [0.5, 0.6) is 5.75 Å². The van der Waals surface area contributed by atoms with Gasteiger partial charge in [0, 0.05) is 20.3 Å². The van der Waals surface area contributed by atoms with Gasteiger partial charge in [-0.2, -0.15) is 8.78 Å². The lowest BCUT2D eigenvalue weighted by atomic mass is 10.3. The van der Waals surface area contributed by atoms with Gasteiger partial charge in [-0.25, -0.2) is 4.98 Å². The van der Waals surface area contributed by atoms with Gasteiger partial charge in [-0.3, -0.25) is 0 Å². The molecule has 1 aromatic heterocycles. The van der Waals surface area contributed by atoms with Gasteiger partial charge in [0.1, 0.15) is 5.75 Å². The van der Waals surface area contributed by atoms with Crippen LogP contribution in [0.3, 0.4) is 0 Å². The normalized spacial score (nSPS) is 10.8. The molecule has 8 heteroatoms. The fourth-order valence-corrected chi connectivity index (χ4v) is 2.96. The number of hydrogen-bond acceptors (Lipinski definition) is 4. The fourth-order valence-electron chi connectivity index (χ4n) is 1.36. The van der Waals surface area contributed by atoms with Crippen LogP contribution in [0.25, 0.3) is 0 Å². The summed E-state index contributed by atoms with van der Waals surface area (Å²) in [7, 11) is 0. The summed E-state index contributed by atoms with van der Waals surface area (Å²) in [6.45, 7) is -2.23. The second kappa shape index (κ2) is 6.67. The van der Waals surface area contributed by atoms with Crippen LogP contribution in [0, 0.1) is 3.57 Å². The Morgan fingerprint density at radius 2 is 2.26 bits per heavy atom. The average molecular weight is 417 g/mol. The van der Waals surface area contributed by atoms with Crippen LogP contribution in [0.1, 0.15) is 4.88 Å². The molecule has 102 valence electrons. The van der Waals surface area contributed by atoms with E-state index in [4.69, 9.17) is 11.6 Å². The maximum Gasteiger partial charge on any atom is 0.387 e. The summed E-state index contributed by atoms with van der Waals surface area (Å²) in [5.74, 6) is 0.144. The zero-order valence-electron chi connectivity index (χ0n) is 9.37. The molecule has 1 aromatic carbocycles. The predicted molar refractivity (Wildman–Crippen MR) is 80.2 cm³/mol. The van der Waals surface area contributed by atoms with Gasteiger partial charge in [0.25, 0.3) is 0 Å². The zero-order chi connectivity index (χ0) is 13.8. The van der Waals surface area contributed by atoms with Gasteiger partial charge in [0.15, 0.2) is 4.47 Å². The number of nitrogens with one attached hydrogen (secondary N) is 1. The summed E-state index contributed by atoms with van der Waals surface area (Å²) in [6, 6.07) is 4.74. The molecule has 0 spiro atoms. The molecule has 0 aliphatic heterocycles. The molecule has 2 aromatic rings. The molecule has 0 saturated carbocycles. The number of alkyl halides is 2. The molecule has 19 heavy (non-hydrogen) atoms. The van der Waals surface area contributed by atoms with E-state index in [0.717, 1.165) is 14.1 Å². The lowest BCUT2D eigenvalue weighted by molar-refractivity contribution is -0.0498. The Morgan fingerprint density at radius 1 is 1.47 bits per heavy atom. The van der Waals surface area contributed by atoms with Gasteiger partial charge < -0.3 is 10.1 Å². The van der Waals surface area contributed by atoms with Crippen LogP contribution >= 0.6 is 45.5 Å². The molecule has 0 unspecified atom stereocenters. The third-order valence-corrected chi connectivity index (χ3v) is 4.15. The molecule has 0 fully saturated rings. The predicted octanol–water partition coefficient (Wildman–Crippen LogP) is 4.61. The summed E-state index contributed by atoms with van der Waals surface area (Å²) in [6.07, 6.45) is 1.70. The minimum Gasteiger partial charge on any atom is -0.435 e. The number of benzene rings is 1. The molecule has 0 atom stereocenters. The first-order chi connectivity index (χ1) is 9.04. The van der Waals surface area contributed by atoms with Gasteiger partial charge in [-0.05, 0) is 40.8 Å². The van der Waals surface area contributed by atoms with E-state index in [9.17, 15) is 8.78 Å². The maximum absolute atomic E-state index is 12.1. The number of nitrogens with zero attached hydrogens (tertiary/aromatic N) is 1. The van der Waals surface area contributed by atoms with Crippen LogP contribution in [0.4, 0.5) is 14.5 Å². The molecule has 3 nitrogen and oxygen atoms in total. The van der Waals surface area contributed by atoms with Crippen molar-refractivity contribution in [1.82, 2.24) is 4.98 Å². The lowest BCUT2D eigenvalue weighted by Crippen LogP contribution is -2.03. The first kappa shape index (κ1) is 14.7. The average Bonchev–Trinajstić information content (AvgIpc) is 2.73. The van der Waals surface area contributed by atoms with Crippen molar-refractivity contribution in [2.45, 2.75) is 13.2 Å². The van der Waals surface area contributed by atoms with Crippen molar-refractivity contribution in [3.05, 3.63) is 37.3 Å². The lowest BCUT2D eigenvalue weighted by Gasteiger charge is -2.10. The number of ether oxygens (including phenoxy) is 1. The van der Waals surface area contributed by atoms with Crippen LogP contribution < -0.4 is 10.1 Å². The van der Waals surface area contributed by atoms with E-state index in [1.54, 1.807) is 18.3 Å². The molecular weight excluding hydrogens is 409 g/mol. The molecule has 0 amide bonds. The number of thiazole rings is 1. The number of halogens is 4. The first-order valence-electron chi connectivity index (χ1n) is 5.13. The minimum absolute atomic E-state index is 0.144. The summed E-state index contributed by atoms with van der Waals surface area (Å²) in [4.78, 5) is 4.93. The highest BCUT2D eigenvalue weighted by Crippen LogP contribution is 2.26. The van der Waals surface area contributed by atoms with E-state index in [-0.39, 0.29) is 5.75 Å². The van der Waals surface area contributed by atoms with E-state index in [2.05, 4.69) is 37.6 Å². The quantitative estimate of drug-likeness (QED) is 0.723. The number of hydrogen-bond donors (Lipinski definition) is 1. The summed E-state index contributed by atoms with van der Waals surface area (Å²) >= 11 is 9.18. The van der Waals surface area contributed by atoms with Crippen molar-refractivity contribution >= 4 is 51.2 Å². The molecule has 0 aliphatic rings. The van der Waals surface area contributed by atoms with Crippen molar-refractivity contribution in [1.29, 1.82) is 0 Å². The molecular formula is C11H8ClF2IN2OS. The van der Waals surface area contributed by atoms with Crippen molar-refractivity contribution in [2.75, 3.05) is 5.32 Å². The third-order valence-electron chi connectivity index (χ3n) is 2.14. The van der Waals surface area contributed by atoms with E-state index in [1.165, 1.54) is 17.4 Å². The fraction of sp³-hybridized carbons (Fsp3) is 0.182. The smallest absolute Gasteiger partial charge is 0.387 e. The highest BCUT2D eigenvalue weighted by molar-refractivity contribution is 14.1. The summed E-state index contributed by atoms with van der Waals surface area (Å²) < 4.78 is 29.7. The Kier molecular flexibility index (Phi) is 5.17. The number of aromatic nitrogens is 1. The van der Waals surface area contributed by atoms with Crippen LogP contribution in [-0.4, -0.2) is 11.6 Å². The van der Waals surface area contributed by atoms with Gasteiger partial charge in [0.2, 0.25) is 0 Å². The standard InChI is InChI=1S/C11H8ClF2IN2OS/c12-10-17-5-7(19-10)4-16-9-2-1-6(3-8(9)15)18-11(13)14/h1-3,5,11,16H,4H2. The van der Waals surface area contributed by atoms with Crippen molar-refractivity contribution in [3.8, 4) is 5.75 Å². The van der Waals surface area contributed by atoms with Gasteiger partial charge in [-0.1, -0.05) is 11.6 Å². The van der Waals surface area contributed by atoms with Crippen LogP contribution in [0.2, 0.25) is 4.47 Å². The molecule has 0 radical (unpaired) electrons. The van der Waals surface area contributed by atoms with Gasteiger partial charge in [-0.15, -0.1) is 11.3 Å². The maximum atomic E-state index is 12.1. The Labute approximate surface area is 131 Å². The second-order valence-corrected chi connectivity index (χ2v) is 6.31. The molecule has 0 aliphatic carbocycles. The monoisotopic (exact) mass is 416 g/mol. The summed E-state index contributed by atoms with van der Waals surface area (Å²) in [5, 5.41) is 3.18. The highest BCUT2D eigenvalue weighted by atomic mass is 127. The topological polar surface area (TPSA) is 34.1 Å². The van der Waals surface area contributed by atoms with E-state index in [1.807, 2.05) is 0 Å². The second-order valence-electron chi connectivity index (χ2n) is 3.45. The minimum atomic E-state index is -2.81. The van der Waals surface area contributed by atoms with E-state index >= 15 is 0 Å². The molecule has 0 saturated heterocycles. The molecule has 1 heterocycles. The van der Waals surface area contributed by atoms with Crippen molar-refractivity contribution in [3.63, 3.8) is 0 Å². The van der Waals surface area contributed by atoms with E-state index in [0.29, 0.717) is 11.0 Å². The van der Waals surface area contributed by atoms with Crippen LogP contribution in [0.15, 0.2) is 24.4 Å². The molecule has 1 N–H and O–H groups in total. The molecule has 2 rings (SSSR count). The van der Waals surface area contributed by atoms with Crippen molar-refractivity contribution in [2.24, 2.45) is 0 Å². The number of anilines is 1. The largest absolute Gasteiger partial charge is 0.435 e. The number of rotatable bonds is 5. The highest BCUT2D eigenvalue weighted by Gasteiger charge is 2.07. The van der Waals surface area contributed by atoms with E-state index < -0.39 is 6.61 Å².